The van der Waals surface area contributed by atoms with Crippen LogP contribution in [0, 0.1) is 5.92 Å². The largest absolute Gasteiger partial charge is 0.335 e. The molecule has 2 amide bonds. The third kappa shape index (κ3) is 3.28. The summed E-state index contributed by atoms with van der Waals surface area (Å²) in [6.45, 7) is 7.77. The van der Waals surface area contributed by atoms with Crippen LogP contribution in [0.3, 0.4) is 0 Å². The second kappa shape index (κ2) is 5.51. The molecule has 0 aromatic rings. The molecule has 1 heterocycles. The maximum Gasteiger partial charge on any atom is 0.242 e. The first-order chi connectivity index (χ1) is 8.89. The van der Waals surface area contributed by atoms with Crippen molar-refractivity contribution in [1.82, 2.24) is 9.80 Å². The maximum absolute atomic E-state index is 12.4. The van der Waals surface area contributed by atoms with Gasteiger partial charge in [-0.2, -0.15) is 0 Å². The first kappa shape index (κ1) is 14.4. The zero-order chi connectivity index (χ0) is 14.0. The Morgan fingerprint density at radius 3 is 2.26 bits per heavy atom. The fraction of sp³-hybridized carbons (Fsp3) is 0.867. The van der Waals surface area contributed by atoms with Crippen LogP contribution in [0.1, 0.15) is 52.9 Å². The van der Waals surface area contributed by atoms with E-state index in [9.17, 15) is 9.59 Å². The van der Waals surface area contributed by atoms with Gasteiger partial charge in [0.05, 0.1) is 6.54 Å². The summed E-state index contributed by atoms with van der Waals surface area (Å²) in [6.07, 6.45) is 5.58. The van der Waals surface area contributed by atoms with Gasteiger partial charge in [0.2, 0.25) is 11.8 Å². The van der Waals surface area contributed by atoms with Crippen LogP contribution in [0.4, 0.5) is 0 Å². The molecule has 19 heavy (non-hydrogen) atoms. The Bertz CT molecular complexity index is 354. The highest BCUT2D eigenvalue weighted by molar-refractivity contribution is 5.87. The molecular formula is C15H26N2O2. The van der Waals surface area contributed by atoms with Crippen molar-refractivity contribution in [3.63, 3.8) is 0 Å². The molecular weight excluding hydrogens is 240 g/mol. The smallest absolute Gasteiger partial charge is 0.242 e. The fourth-order valence-corrected chi connectivity index (χ4v) is 3.18. The van der Waals surface area contributed by atoms with Gasteiger partial charge in [0.25, 0.3) is 0 Å². The highest BCUT2D eigenvalue weighted by Gasteiger charge is 2.35. The monoisotopic (exact) mass is 266 g/mol. The molecule has 2 fully saturated rings. The summed E-state index contributed by atoms with van der Waals surface area (Å²) in [6, 6.07) is 0. The van der Waals surface area contributed by atoms with Crippen molar-refractivity contribution in [2.45, 2.75) is 58.4 Å². The van der Waals surface area contributed by atoms with Crippen LogP contribution in [-0.2, 0) is 9.59 Å². The molecule has 0 spiro atoms. The molecule has 0 bridgehead atoms. The van der Waals surface area contributed by atoms with Gasteiger partial charge in [0, 0.05) is 24.5 Å². The molecule has 108 valence electrons. The van der Waals surface area contributed by atoms with Crippen molar-refractivity contribution in [1.29, 1.82) is 0 Å². The molecule has 1 aliphatic heterocycles. The molecule has 1 aliphatic carbocycles. The predicted molar refractivity (Wildman–Crippen MR) is 74.6 cm³/mol. The Morgan fingerprint density at radius 2 is 1.74 bits per heavy atom. The molecule has 1 saturated carbocycles. The first-order valence-electron chi connectivity index (χ1n) is 7.49. The Labute approximate surface area is 116 Å². The van der Waals surface area contributed by atoms with Crippen molar-refractivity contribution < 1.29 is 9.59 Å². The normalized spacial score (nSPS) is 22.8. The third-order valence-corrected chi connectivity index (χ3v) is 4.30. The first-order valence-corrected chi connectivity index (χ1v) is 7.49. The van der Waals surface area contributed by atoms with Gasteiger partial charge in [-0.05, 0) is 33.6 Å². The van der Waals surface area contributed by atoms with E-state index in [-0.39, 0.29) is 29.8 Å². The average molecular weight is 266 g/mol. The molecule has 4 heteroatoms. The van der Waals surface area contributed by atoms with Gasteiger partial charge < -0.3 is 9.80 Å². The van der Waals surface area contributed by atoms with Gasteiger partial charge in [-0.3, -0.25) is 9.59 Å². The van der Waals surface area contributed by atoms with Crippen LogP contribution >= 0.6 is 0 Å². The van der Waals surface area contributed by atoms with Gasteiger partial charge in [-0.15, -0.1) is 0 Å². The molecule has 0 unspecified atom stereocenters. The predicted octanol–water partition coefficient (Wildman–Crippen LogP) is 2.04. The van der Waals surface area contributed by atoms with E-state index in [0.717, 1.165) is 25.7 Å². The molecule has 0 radical (unpaired) electrons. The molecule has 4 nitrogen and oxygen atoms in total. The lowest BCUT2D eigenvalue weighted by Gasteiger charge is -2.43. The van der Waals surface area contributed by atoms with Crippen molar-refractivity contribution in [2.24, 2.45) is 5.92 Å². The maximum atomic E-state index is 12.4. The lowest BCUT2D eigenvalue weighted by Crippen LogP contribution is -2.58. The van der Waals surface area contributed by atoms with Crippen molar-refractivity contribution in [3.8, 4) is 0 Å². The number of nitrogens with zero attached hydrogens (tertiary/aromatic N) is 2. The van der Waals surface area contributed by atoms with E-state index in [1.807, 2.05) is 25.7 Å². The summed E-state index contributed by atoms with van der Waals surface area (Å²) >= 11 is 0. The minimum absolute atomic E-state index is 0.0860. The van der Waals surface area contributed by atoms with Gasteiger partial charge in [0.1, 0.15) is 0 Å². The second-order valence-corrected chi connectivity index (χ2v) is 6.81. The molecule has 1 saturated heterocycles. The summed E-state index contributed by atoms with van der Waals surface area (Å²) in [5, 5.41) is 0. The average Bonchev–Trinajstić information content (AvgIpc) is 2.37. The zero-order valence-corrected chi connectivity index (χ0v) is 12.4. The standard InChI is InChI=1S/C15H26N2O2/c1-15(2,3)17-10-9-16(11-13(17)18)14(19)12-7-5-4-6-8-12/h12H,4-11H2,1-3H3. The summed E-state index contributed by atoms with van der Waals surface area (Å²) in [4.78, 5) is 28.2. The van der Waals surface area contributed by atoms with Crippen LogP contribution in [0.25, 0.3) is 0 Å². The third-order valence-electron chi connectivity index (χ3n) is 4.30. The van der Waals surface area contributed by atoms with Crippen molar-refractivity contribution in [2.75, 3.05) is 19.6 Å². The van der Waals surface area contributed by atoms with E-state index in [1.54, 1.807) is 4.90 Å². The Kier molecular flexibility index (Phi) is 4.16. The number of hydrogen-bond donors (Lipinski definition) is 0. The number of hydrogen-bond acceptors (Lipinski definition) is 2. The van der Waals surface area contributed by atoms with Gasteiger partial charge >= 0.3 is 0 Å². The van der Waals surface area contributed by atoms with Crippen LogP contribution in [0.15, 0.2) is 0 Å². The highest BCUT2D eigenvalue weighted by atomic mass is 16.2. The van der Waals surface area contributed by atoms with E-state index in [4.69, 9.17) is 0 Å². The Morgan fingerprint density at radius 1 is 1.11 bits per heavy atom. The van der Waals surface area contributed by atoms with Crippen LogP contribution in [0.2, 0.25) is 0 Å². The molecule has 0 atom stereocenters. The molecule has 2 aliphatic rings. The van der Waals surface area contributed by atoms with E-state index >= 15 is 0 Å². The SMILES string of the molecule is CC(C)(C)N1CCN(C(=O)C2CCCCC2)CC1=O. The summed E-state index contributed by atoms with van der Waals surface area (Å²) < 4.78 is 0. The minimum Gasteiger partial charge on any atom is -0.335 e. The molecule has 2 rings (SSSR count). The van der Waals surface area contributed by atoms with Gasteiger partial charge in [0.15, 0.2) is 0 Å². The Balaban J connectivity index is 1.94. The Hall–Kier alpha value is -1.06. The van der Waals surface area contributed by atoms with Gasteiger partial charge in [-0.25, -0.2) is 0 Å². The van der Waals surface area contributed by atoms with E-state index in [1.165, 1.54) is 6.42 Å². The molecule has 0 N–H and O–H groups in total. The van der Waals surface area contributed by atoms with Gasteiger partial charge in [-0.1, -0.05) is 19.3 Å². The second-order valence-electron chi connectivity index (χ2n) is 6.81. The molecule has 0 aromatic carbocycles. The lowest BCUT2D eigenvalue weighted by atomic mass is 9.88. The van der Waals surface area contributed by atoms with E-state index in [0.29, 0.717) is 13.1 Å². The number of rotatable bonds is 1. The van der Waals surface area contributed by atoms with E-state index < -0.39 is 0 Å². The number of carbonyl (C=O) groups excluding carboxylic acids is 2. The number of piperazine rings is 1. The lowest BCUT2D eigenvalue weighted by molar-refractivity contribution is -0.151. The fourth-order valence-electron chi connectivity index (χ4n) is 3.18. The zero-order valence-electron chi connectivity index (χ0n) is 12.4. The minimum atomic E-state index is -0.142. The van der Waals surface area contributed by atoms with Crippen LogP contribution in [-0.4, -0.2) is 46.8 Å². The number of carbonyl (C=O) groups is 2. The summed E-state index contributed by atoms with van der Waals surface area (Å²) in [7, 11) is 0. The summed E-state index contributed by atoms with van der Waals surface area (Å²) in [5.74, 6) is 0.465. The van der Waals surface area contributed by atoms with Crippen LogP contribution in [0.5, 0.6) is 0 Å². The number of amides is 2. The molecule has 0 aromatic heterocycles. The topological polar surface area (TPSA) is 40.6 Å². The quantitative estimate of drug-likeness (QED) is 0.728. The van der Waals surface area contributed by atoms with Crippen LogP contribution < -0.4 is 0 Å². The van der Waals surface area contributed by atoms with Crippen molar-refractivity contribution in [3.05, 3.63) is 0 Å². The summed E-state index contributed by atoms with van der Waals surface area (Å²) in [5.41, 5.74) is -0.142. The highest BCUT2D eigenvalue weighted by Crippen LogP contribution is 2.26. The van der Waals surface area contributed by atoms with E-state index in [2.05, 4.69) is 0 Å². The van der Waals surface area contributed by atoms with Crippen molar-refractivity contribution >= 4 is 11.8 Å².